The number of rotatable bonds is 2. The Balaban J connectivity index is 1.76. The van der Waals surface area contributed by atoms with E-state index in [0.29, 0.717) is 30.1 Å². The fourth-order valence-electron chi connectivity index (χ4n) is 2.51. The van der Waals surface area contributed by atoms with Gasteiger partial charge in [-0.05, 0) is 46.6 Å². The molecular formula is C16H15Br2NO3. The van der Waals surface area contributed by atoms with Gasteiger partial charge in [0, 0.05) is 16.6 Å². The Morgan fingerprint density at radius 3 is 2.64 bits per heavy atom. The minimum Gasteiger partial charge on any atom is -0.444 e. The molecule has 1 aromatic heterocycles. The molecule has 0 bridgehead atoms. The zero-order valence-corrected chi connectivity index (χ0v) is 15.2. The molecule has 0 radical (unpaired) electrons. The number of morpholine rings is 1. The SMILES string of the molecule is Cc1cc(Br)oc1C(=O)N1CCOC(c2ccc(Br)cc2)C1. The highest BCUT2D eigenvalue weighted by molar-refractivity contribution is 9.10. The van der Waals surface area contributed by atoms with Gasteiger partial charge in [0.2, 0.25) is 0 Å². The second kappa shape index (κ2) is 6.56. The van der Waals surface area contributed by atoms with E-state index in [4.69, 9.17) is 9.15 Å². The molecule has 1 saturated heterocycles. The highest BCUT2D eigenvalue weighted by Gasteiger charge is 2.28. The number of carbonyl (C=O) groups is 1. The number of carbonyl (C=O) groups excluding carboxylic acids is 1. The largest absolute Gasteiger partial charge is 0.444 e. The van der Waals surface area contributed by atoms with Crippen LogP contribution < -0.4 is 0 Å². The fraction of sp³-hybridized carbons (Fsp3) is 0.312. The van der Waals surface area contributed by atoms with Crippen LogP contribution in [0.25, 0.3) is 0 Å². The molecule has 116 valence electrons. The maximum Gasteiger partial charge on any atom is 0.290 e. The van der Waals surface area contributed by atoms with E-state index < -0.39 is 0 Å². The van der Waals surface area contributed by atoms with Crippen molar-refractivity contribution in [2.45, 2.75) is 13.0 Å². The normalized spacial score (nSPS) is 18.5. The number of hydrogen-bond donors (Lipinski definition) is 0. The summed E-state index contributed by atoms with van der Waals surface area (Å²) in [6.45, 7) is 3.49. The predicted octanol–water partition coefficient (Wildman–Crippen LogP) is 4.33. The molecule has 22 heavy (non-hydrogen) atoms. The topological polar surface area (TPSA) is 42.7 Å². The Morgan fingerprint density at radius 2 is 2.00 bits per heavy atom. The van der Waals surface area contributed by atoms with Gasteiger partial charge in [-0.2, -0.15) is 0 Å². The van der Waals surface area contributed by atoms with Crippen molar-refractivity contribution in [3.05, 3.63) is 56.4 Å². The molecule has 4 nitrogen and oxygen atoms in total. The maximum atomic E-state index is 12.6. The number of ether oxygens (including phenoxy) is 1. The molecule has 1 fully saturated rings. The van der Waals surface area contributed by atoms with Crippen LogP contribution in [0, 0.1) is 6.92 Å². The first-order chi connectivity index (χ1) is 10.5. The molecule has 0 saturated carbocycles. The second-order valence-electron chi connectivity index (χ2n) is 5.22. The quantitative estimate of drug-likeness (QED) is 0.714. The van der Waals surface area contributed by atoms with E-state index in [9.17, 15) is 4.79 Å². The average molecular weight is 429 g/mol. The van der Waals surface area contributed by atoms with Crippen LogP contribution in [0.3, 0.4) is 0 Å². The Labute approximate surface area is 145 Å². The molecule has 1 atom stereocenters. The lowest BCUT2D eigenvalue weighted by Crippen LogP contribution is -2.42. The van der Waals surface area contributed by atoms with Crippen LogP contribution in [0.4, 0.5) is 0 Å². The van der Waals surface area contributed by atoms with Gasteiger partial charge in [0.1, 0.15) is 6.10 Å². The highest BCUT2D eigenvalue weighted by Crippen LogP contribution is 2.26. The van der Waals surface area contributed by atoms with Crippen molar-refractivity contribution in [1.82, 2.24) is 4.90 Å². The Morgan fingerprint density at radius 1 is 1.27 bits per heavy atom. The van der Waals surface area contributed by atoms with Gasteiger partial charge in [-0.3, -0.25) is 4.79 Å². The summed E-state index contributed by atoms with van der Waals surface area (Å²) in [5.41, 5.74) is 1.90. The summed E-state index contributed by atoms with van der Waals surface area (Å²) in [5.74, 6) is 0.303. The van der Waals surface area contributed by atoms with Crippen LogP contribution in [0.5, 0.6) is 0 Å². The maximum absolute atomic E-state index is 12.6. The number of amides is 1. The number of hydrogen-bond acceptors (Lipinski definition) is 3. The molecule has 1 aliphatic heterocycles. The Kier molecular flexibility index (Phi) is 4.70. The molecular weight excluding hydrogens is 414 g/mol. The van der Waals surface area contributed by atoms with E-state index in [2.05, 4.69) is 31.9 Å². The monoisotopic (exact) mass is 427 g/mol. The Bertz CT molecular complexity index is 681. The van der Waals surface area contributed by atoms with Gasteiger partial charge in [0.25, 0.3) is 5.91 Å². The minimum absolute atomic E-state index is 0.0892. The van der Waals surface area contributed by atoms with E-state index in [0.717, 1.165) is 15.6 Å². The van der Waals surface area contributed by atoms with Crippen LogP contribution in [0.1, 0.15) is 27.8 Å². The highest BCUT2D eigenvalue weighted by atomic mass is 79.9. The molecule has 1 amide bonds. The number of furan rings is 1. The summed E-state index contributed by atoms with van der Waals surface area (Å²) in [6, 6.07) is 9.79. The van der Waals surface area contributed by atoms with Crippen LogP contribution in [0.2, 0.25) is 0 Å². The molecule has 3 rings (SSSR count). The van der Waals surface area contributed by atoms with Crippen molar-refractivity contribution in [3.8, 4) is 0 Å². The summed E-state index contributed by atoms with van der Waals surface area (Å²) in [4.78, 5) is 14.4. The summed E-state index contributed by atoms with van der Waals surface area (Å²) in [6.07, 6.45) is -0.107. The molecule has 2 heterocycles. The van der Waals surface area contributed by atoms with Crippen molar-refractivity contribution in [2.24, 2.45) is 0 Å². The third-order valence-corrected chi connectivity index (χ3v) is 4.60. The van der Waals surface area contributed by atoms with Crippen molar-refractivity contribution < 1.29 is 13.9 Å². The van der Waals surface area contributed by atoms with Gasteiger partial charge in [0.05, 0.1) is 13.2 Å². The molecule has 6 heteroatoms. The van der Waals surface area contributed by atoms with Crippen molar-refractivity contribution in [1.29, 1.82) is 0 Å². The molecule has 1 unspecified atom stereocenters. The van der Waals surface area contributed by atoms with Crippen molar-refractivity contribution in [2.75, 3.05) is 19.7 Å². The van der Waals surface area contributed by atoms with Gasteiger partial charge < -0.3 is 14.1 Å². The van der Waals surface area contributed by atoms with Crippen molar-refractivity contribution in [3.63, 3.8) is 0 Å². The standard InChI is InChI=1S/C16H15Br2NO3/c1-10-8-14(18)22-15(10)16(20)19-6-7-21-13(9-19)11-2-4-12(17)5-3-11/h2-5,8,13H,6-7,9H2,1H3. The minimum atomic E-state index is -0.107. The third kappa shape index (κ3) is 3.29. The summed E-state index contributed by atoms with van der Waals surface area (Å²) < 4.78 is 12.9. The zero-order valence-electron chi connectivity index (χ0n) is 12.0. The lowest BCUT2D eigenvalue weighted by atomic mass is 10.1. The van der Waals surface area contributed by atoms with E-state index >= 15 is 0 Å². The van der Waals surface area contributed by atoms with E-state index in [-0.39, 0.29) is 12.0 Å². The fourth-order valence-corrected chi connectivity index (χ4v) is 3.28. The molecule has 1 aromatic carbocycles. The van der Waals surface area contributed by atoms with Crippen LogP contribution in [-0.4, -0.2) is 30.5 Å². The molecule has 1 aliphatic rings. The van der Waals surface area contributed by atoms with Gasteiger partial charge >= 0.3 is 0 Å². The first-order valence-electron chi connectivity index (χ1n) is 6.97. The van der Waals surface area contributed by atoms with E-state index in [1.54, 1.807) is 11.0 Å². The average Bonchev–Trinajstić information content (AvgIpc) is 2.86. The molecule has 0 aliphatic carbocycles. The van der Waals surface area contributed by atoms with Gasteiger partial charge in [-0.15, -0.1) is 0 Å². The number of nitrogens with zero attached hydrogens (tertiary/aromatic N) is 1. The number of benzene rings is 1. The van der Waals surface area contributed by atoms with E-state index in [1.165, 1.54) is 0 Å². The lowest BCUT2D eigenvalue weighted by molar-refractivity contribution is -0.0238. The third-order valence-electron chi connectivity index (χ3n) is 3.68. The van der Waals surface area contributed by atoms with Crippen molar-refractivity contribution >= 4 is 37.8 Å². The number of halogens is 2. The lowest BCUT2D eigenvalue weighted by Gasteiger charge is -2.32. The predicted molar refractivity (Wildman–Crippen MR) is 89.9 cm³/mol. The molecule has 0 spiro atoms. The number of aryl methyl sites for hydroxylation is 1. The summed E-state index contributed by atoms with van der Waals surface area (Å²) in [7, 11) is 0. The first kappa shape index (κ1) is 15.8. The summed E-state index contributed by atoms with van der Waals surface area (Å²) >= 11 is 6.69. The van der Waals surface area contributed by atoms with E-state index in [1.807, 2.05) is 31.2 Å². The van der Waals surface area contributed by atoms with Crippen LogP contribution in [-0.2, 0) is 4.74 Å². The molecule has 2 aromatic rings. The summed E-state index contributed by atoms with van der Waals surface area (Å²) in [5, 5.41) is 0. The van der Waals surface area contributed by atoms with Gasteiger partial charge in [-0.25, -0.2) is 0 Å². The second-order valence-corrected chi connectivity index (χ2v) is 6.92. The van der Waals surface area contributed by atoms with Gasteiger partial charge in [-0.1, -0.05) is 28.1 Å². The van der Waals surface area contributed by atoms with Crippen LogP contribution in [0.15, 0.2) is 43.9 Å². The Hall–Kier alpha value is -1.11. The molecule has 0 N–H and O–H groups in total. The smallest absolute Gasteiger partial charge is 0.290 e. The van der Waals surface area contributed by atoms with Gasteiger partial charge in [0.15, 0.2) is 10.4 Å². The zero-order chi connectivity index (χ0) is 15.7. The van der Waals surface area contributed by atoms with Crippen LogP contribution >= 0.6 is 31.9 Å². The first-order valence-corrected chi connectivity index (χ1v) is 8.55.